The molecule has 0 bridgehead atoms. The van der Waals surface area contributed by atoms with E-state index in [0.29, 0.717) is 36.5 Å². The maximum Gasteiger partial charge on any atom is 0.416 e. The van der Waals surface area contributed by atoms with E-state index in [4.69, 9.17) is 10.7 Å². The molecule has 3 heterocycles. The molecular weight excluding hydrogens is 676 g/mol. The summed E-state index contributed by atoms with van der Waals surface area (Å²) in [6.07, 6.45) is -4.82. The fraction of sp³-hybridized carbons (Fsp3) is 0.485. The first-order valence-electron chi connectivity index (χ1n) is 16.2. The summed E-state index contributed by atoms with van der Waals surface area (Å²) in [5.74, 6) is -1.76. The zero-order valence-electron chi connectivity index (χ0n) is 26.9. The number of halogens is 8. The highest BCUT2D eigenvalue weighted by molar-refractivity contribution is 5.82. The monoisotopic (exact) mass is 710 g/mol. The Morgan fingerprint density at radius 1 is 0.900 bits per heavy atom. The summed E-state index contributed by atoms with van der Waals surface area (Å²) in [5, 5.41) is 12.2. The maximum absolute atomic E-state index is 14.4. The molecule has 1 atom stereocenters. The molecule has 1 amide bonds. The van der Waals surface area contributed by atoms with Crippen LogP contribution in [0.15, 0.2) is 36.4 Å². The minimum Gasteiger partial charge on any atom is -0.370 e. The van der Waals surface area contributed by atoms with Gasteiger partial charge < -0.3 is 15.5 Å². The first-order valence-corrected chi connectivity index (χ1v) is 16.2. The van der Waals surface area contributed by atoms with E-state index in [1.807, 2.05) is 0 Å². The van der Waals surface area contributed by atoms with E-state index in [9.17, 15) is 39.9 Å². The van der Waals surface area contributed by atoms with Crippen molar-refractivity contribution < 1.29 is 39.9 Å². The predicted molar refractivity (Wildman–Crippen MR) is 166 cm³/mol. The maximum atomic E-state index is 14.4. The number of alkyl halides is 6. The Kier molecular flexibility index (Phi) is 9.61. The summed E-state index contributed by atoms with van der Waals surface area (Å²) in [6, 6.07) is 4.92. The smallest absolute Gasteiger partial charge is 0.370 e. The van der Waals surface area contributed by atoms with Gasteiger partial charge in [-0.2, -0.15) is 31.1 Å². The number of fused-ring (bicyclic) bond motifs is 1. The standard InChI is InChI=1S/C33H34F8N8O/c1-47-45-31(44-46-47)48(16-19-9-23(32(36,37)38)14-24(10-19)33(39,40)41)17-22-12-21-13-25(34)26(35)15-27(21)43-30(22)49-8-2-3-28(49)20-6-4-18(5-7-20)11-29(42)50/h9-10,12-15,18,20,28H,2-8,11,16-17H2,1H3,(H2,42,50). The van der Waals surface area contributed by atoms with Gasteiger partial charge in [-0.1, -0.05) is 5.10 Å². The van der Waals surface area contributed by atoms with Gasteiger partial charge in [0, 0.05) is 49.1 Å². The molecule has 9 nitrogen and oxygen atoms in total. The fourth-order valence-electron chi connectivity index (χ4n) is 7.31. The van der Waals surface area contributed by atoms with Crippen LogP contribution in [-0.2, 0) is 37.3 Å². The van der Waals surface area contributed by atoms with Gasteiger partial charge in [-0.3, -0.25) is 4.79 Å². The van der Waals surface area contributed by atoms with Gasteiger partial charge in [0.25, 0.3) is 5.95 Å². The third-order valence-corrected chi connectivity index (χ3v) is 9.57. The summed E-state index contributed by atoms with van der Waals surface area (Å²) in [6.45, 7) is -0.0799. The van der Waals surface area contributed by atoms with E-state index >= 15 is 0 Å². The molecule has 1 unspecified atom stereocenters. The van der Waals surface area contributed by atoms with E-state index < -0.39 is 41.7 Å². The SMILES string of the molecule is Cn1nnc(N(Cc2cc(C(F)(F)F)cc(C(F)(F)F)c2)Cc2cc3cc(F)c(F)cc3nc2N2CCCC2C2CCC(CC(N)=O)CC2)n1. The molecule has 17 heteroatoms. The number of benzene rings is 2. The second-order valence-corrected chi connectivity index (χ2v) is 13.1. The molecule has 1 saturated carbocycles. The van der Waals surface area contributed by atoms with Gasteiger partial charge in [0.2, 0.25) is 5.91 Å². The number of rotatable bonds is 9. The van der Waals surface area contributed by atoms with E-state index in [1.165, 1.54) is 11.9 Å². The normalized spacial score (nSPS) is 20.1. The number of nitrogens with two attached hydrogens (primary N) is 1. The number of carbonyl (C=O) groups excluding carboxylic acids is 1. The van der Waals surface area contributed by atoms with Crippen LogP contribution in [0.3, 0.4) is 0 Å². The van der Waals surface area contributed by atoms with Gasteiger partial charge in [-0.25, -0.2) is 13.8 Å². The van der Waals surface area contributed by atoms with Crippen LogP contribution in [0.1, 0.15) is 67.2 Å². The first kappa shape index (κ1) is 35.3. The summed E-state index contributed by atoms with van der Waals surface area (Å²) in [7, 11) is 1.45. The van der Waals surface area contributed by atoms with Crippen molar-refractivity contribution in [3.05, 3.63) is 70.3 Å². The second-order valence-electron chi connectivity index (χ2n) is 13.1. The van der Waals surface area contributed by atoms with Crippen LogP contribution in [0.5, 0.6) is 0 Å². The Bertz CT molecular complexity index is 1840. The lowest BCUT2D eigenvalue weighted by Gasteiger charge is -2.38. The summed E-state index contributed by atoms with van der Waals surface area (Å²) >= 11 is 0. The number of amides is 1. The molecule has 6 rings (SSSR count). The lowest BCUT2D eigenvalue weighted by atomic mass is 9.76. The van der Waals surface area contributed by atoms with Crippen LogP contribution in [0.25, 0.3) is 10.9 Å². The fourth-order valence-corrected chi connectivity index (χ4v) is 7.31. The summed E-state index contributed by atoms with van der Waals surface area (Å²) < 4.78 is 111. The molecule has 50 heavy (non-hydrogen) atoms. The van der Waals surface area contributed by atoms with Crippen molar-refractivity contribution in [2.24, 2.45) is 24.6 Å². The van der Waals surface area contributed by atoms with Crippen LogP contribution in [0, 0.1) is 23.5 Å². The van der Waals surface area contributed by atoms with Gasteiger partial charge in [-0.05, 0) is 91.5 Å². The number of hydrogen-bond acceptors (Lipinski definition) is 7. The number of tetrazole rings is 1. The zero-order chi connectivity index (χ0) is 36.0. The summed E-state index contributed by atoms with van der Waals surface area (Å²) in [5.41, 5.74) is 2.80. The van der Waals surface area contributed by atoms with Crippen molar-refractivity contribution >= 4 is 28.6 Å². The number of hydrogen-bond donors (Lipinski definition) is 1. The molecule has 2 N–H and O–H groups in total. The van der Waals surface area contributed by atoms with Crippen molar-refractivity contribution in [3.63, 3.8) is 0 Å². The van der Waals surface area contributed by atoms with Gasteiger partial charge in [0.05, 0.1) is 23.7 Å². The van der Waals surface area contributed by atoms with E-state index in [2.05, 4.69) is 20.3 Å². The Morgan fingerprint density at radius 2 is 1.56 bits per heavy atom. The van der Waals surface area contributed by atoms with Gasteiger partial charge in [0.1, 0.15) is 5.82 Å². The van der Waals surface area contributed by atoms with Gasteiger partial charge in [0.15, 0.2) is 11.6 Å². The Morgan fingerprint density at radius 3 is 2.16 bits per heavy atom. The highest BCUT2D eigenvalue weighted by atomic mass is 19.4. The van der Waals surface area contributed by atoms with Gasteiger partial charge in [-0.15, -0.1) is 5.10 Å². The van der Waals surface area contributed by atoms with Crippen LogP contribution in [0.2, 0.25) is 0 Å². The molecule has 2 aromatic heterocycles. The molecule has 4 aromatic rings. The molecule has 268 valence electrons. The molecule has 2 fully saturated rings. The molecule has 1 saturated heterocycles. The quantitative estimate of drug-likeness (QED) is 0.188. The minimum absolute atomic E-state index is 0.0134. The lowest BCUT2D eigenvalue weighted by Crippen LogP contribution is -2.39. The van der Waals surface area contributed by atoms with E-state index in [1.54, 1.807) is 6.07 Å². The zero-order valence-corrected chi connectivity index (χ0v) is 26.9. The van der Waals surface area contributed by atoms with E-state index in [-0.39, 0.29) is 58.8 Å². The highest BCUT2D eigenvalue weighted by Gasteiger charge is 2.38. The van der Waals surface area contributed by atoms with Crippen molar-refractivity contribution in [2.75, 3.05) is 16.3 Å². The third-order valence-electron chi connectivity index (χ3n) is 9.57. The lowest BCUT2D eigenvalue weighted by molar-refractivity contribution is -0.143. The van der Waals surface area contributed by atoms with Gasteiger partial charge >= 0.3 is 12.4 Å². The number of nitrogens with zero attached hydrogens (tertiary/aromatic N) is 7. The average molecular weight is 711 g/mol. The van der Waals surface area contributed by atoms with Crippen LogP contribution < -0.4 is 15.5 Å². The molecule has 0 radical (unpaired) electrons. The van der Waals surface area contributed by atoms with E-state index in [0.717, 1.165) is 55.5 Å². The minimum atomic E-state index is -5.05. The second kappa shape index (κ2) is 13.6. The number of carbonyl (C=O) groups is 1. The Labute approximate surface area is 281 Å². The average Bonchev–Trinajstić information content (AvgIpc) is 3.70. The molecular formula is C33H34F8N8O. The Balaban J connectivity index is 1.40. The van der Waals surface area contributed by atoms with Crippen molar-refractivity contribution in [3.8, 4) is 0 Å². The molecule has 2 aromatic carbocycles. The highest BCUT2D eigenvalue weighted by Crippen LogP contribution is 2.41. The van der Waals surface area contributed by atoms with Crippen LogP contribution >= 0.6 is 0 Å². The van der Waals surface area contributed by atoms with Crippen LogP contribution in [0.4, 0.5) is 46.9 Å². The molecule has 1 aliphatic heterocycles. The number of pyridine rings is 1. The molecule has 2 aliphatic rings. The number of anilines is 2. The Hall–Kier alpha value is -4.57. The number of primary amides is 1. The predicted octanol–water partition coefficient (Wildman–Crippen LogP) is 6.93. The third kappa shape index (κ3) is 7.75. The van der Waals surface area contributed by atoms with Crippen molar-refractivity contribution in [1.29, 1.82) is 0 Å². The van der Waals surface area contributed by atoms with Crippen molar-refractivity contribution in [2.45, 2.75) is 76.4 Å². The first-order chi connectivity index (χ1) is 23.5. The summed E-state index contributed by atoms with van der Waals surface area (Å²) in [4.78, 5) is 20.8. The van der Waals surface area contributed by atoms with Crippen LogP contribution in [-0.4, -0.2) is 43.7 Å². The van der Waals surface area contributed by atoms with Crippen molar-refractivity contribution in [1.82, 2.24) is 25.2 Å². The largest absolute Gasteiger partial charge is 0.416 e. The number of aromatic nitrogens is 5. The number of aryl methyl sites for hydroxylation is 1. The molecule has 1 aliphatic carbocycles. The topological polar surface area (TPSA) is 106 Å². The molecule has 0 spiro atoms.